The number of amides is 2. The molecule has 3 aliphatic rings. The minimum atomic E-state index is -0.712. The van der Waals surface area contributed by atoms with Crippen LogP contribution in [-0.2, 0) is 11.8 Å². The van der Waals surface area contributed by atoms with Crippen molar-refractivity contribution in [2.45, 2.75) is 83.1 Å². The van der Waals surface area contributed by atoms with Crippen LogP contribution in [0.1, 0.15) is 93.2 Å². The van der Waals surface area contributed by atoms with Crippen LogP contribution in [0.2, 0.25) is 0 Å². The molecule has 35 heavy (non-hydrogen) atoms. The average molecular weight is 482 g/mol. The number of nitrogens with one attached hydrogen (secondary N) is 2. The molecular weight excluding hydrogens is 445 g/mol. The second-order valence-corrected chi connectivity index (χ2v) is 11.1. The van der Waals surface area contributed by atoms with Gasteiger partial charge in [-0.1, -0.05) is 45.4 Å². The van der Waals surface area contributed by atoms with Crippen molar-refractivity contribution in [1.82, 2.24) is 20.1 Å². The molecule has 2 aromatic rings. The van der Waals surface area contributed by atoms with Gasteiger partial charge >= 0.3 is 0 Å². The second-order valence-electron chi connectivity index (χ2n) is 11.1. The number of hydrogen-bond donors (Lipinski definition) is 2. The van der Waals surface area contributed by atoms with Crippen molar-refractivity contribution in [2.75, 3.05) is 5.32 Å². The van der Waals surface area contributed by atoms with Gasteiger partial charge in [0.05, 0.1) is 17.6 Å². The zero-order valence-electron chi connectivity index (χ0n) is 20.7. The summed E-state index contributed by atoms with van der Waals surface area (Å²) >= 11 is 0. The Labute approximate surface area is 206 Å². The number of halogens is 1. The highest BCUT2D eigenvalue weighted by Crippen LogP contribution is 2.58. The van der Waals surface area contributed by atoms with Crippen molar-refractivity contribution in [3.05, 3.63) is 41.7 Å². The maximum absolute atomic E-state index is 15.0. The number of hydrogen-bond acceptors (Lipinski definition) is 4. The van der Waals surface area contributed by atoms with Gasteiger partial charge in [-0.05, 0) is 49.0 Å². The molecule has 2 amide bonds. The highest BCUT2D eigenvalue weighted by atomic mass is 19.1. The molecule has 0 bridgehead atoms. The van der Waals surface area contributed by atoms with E-state index in [1.165, 1.54) is 17.2 Å². The number of anilines is 1. The Morgan fingerprint density at radius 2 is 1.89 bits per heavy atom. The van der Waals surface area contributed by atoms with E-state index in [9.17, 15) is 14.0 Å². The number of rotatable bonds is 8. The Kier molecular flexibility index (Phi) is 6.64. The quantitative estimate of drug-likeness (QED) is 0.558. The molecule has 3 fully saturated rings. The molecule has 2 heterocycles. The summed E-state index contributed by atoms with van der Waals surface area (Å²) in [5.41, 5.74) is 1.27. The van der Waals surface area contributed by atoms with Crippen LogP contribution in [-0.4, -0.2) is 32.6 Å². The lowest BCUT2D eigenvalue weighted by molar-refractivity contribution is -0.121. The highest BCUT2D eigenvalue weighted by Gasteiger charge is 2.54. The van der Waals surface area contributed by atoms with Gasteiger partial charge in [0.1, 0.15) is 17.6 Å². The molecule has 2 atom stereocenters. The van der Waals surface area contributed by atoms with Gasteiger partial charge in [0.2, 0.25) is 5.91 Å². The smallest absolute Gasteiger partial charge is 0.270 e. The van der Waals surface area contributed by atoms with Gasteiger partial charge < -0.3 is 10.6 Å². The van der Waals surface area contributed by atoms with Gasteiger partial charge in [-0.25, -0.2) is 4.39 Å². The maximum Gasteiger partial charge on any atom is 0.270 e. The first kappa shape index (κ1) is 23.9. The summed E-state index contributed by atoms with van der Waals surface area (Å²) in [7, 11) is 1.71. The fourth-order valence-corrected chi connectivity index (χ4v) is 6.12. The van der Waals surface area contributed by atoms with E-state index >= 15 is 0 Å². The summed E-state index contributed by atoms with van der Waals surface area (Å²) in [5.74, 6) is -0.415. The molecule has 3 aliphatic carbocycles. The summed E-state index contributed by atoms with van der Waals surface area (Å²) in [5, 5.41) is 10.00. The van der Waals surface area contributed by atoms with Gasteiger partial charge in [-0.15, -0.1) is 0 Å². The number of carbonyl (C=O) groups is 2. The van der Waals surface area contributed by atoms with Crippen molar-refractivity contribution in [1.29, 1.82) is 0 Å². The number of aromatic nitrogens is 3. The fourth-order valence-electron chi connectivity index (χ4n) is 6.12. The SMILES string of the molecule is Cn1nccc1C(=O)N[C@H](C(=O)Nc1cnc(C2CCCCC2)c(F)c1)C(C1CCC1)C1(C)CC1. The average Bonchev–Trinajstić information content (AvgIpc) is 3.40. The van der Waals surface area contributed by atoms with E-state index in [1.54, 1.807) is 25.5 Å². The van der Waals surface area contributed by atoms with Crippen LogP contribution in [0, 0.1) is 23.1 Å². The topological polar surface area (TPSA) is 88.9 Å². The lowest BCUT2D eigenvalue weighted by atomic mass is 9.66. The predicted molar refractivity (Wildman–Crippen MR) is 131 cm³/mol. The van der Waals surface area contributed by atoms with Crippen LogP contribution in [0.3, 0.4) is 0 Å². The fraction of sp³-hybridized carbons (Fsp3) is 0.630. The monoisotopic (exact) mass is 481 g/mol. The van der Waals surface area contributed by atoms with E-state index in [1.807, 2.05) is 0 Å². The van der Waals surface area contributed by atoms with Crippen molar-refractivity contribution in [3.63, 3.8) is 0 Å². The van der Waals surface area contributed by atoms with Gasteiger partial charge in [0.25, 0.3) is 5.91 Å². The Morgan fingerprint density at radius 1 is 1.14 bits per heavy atom. The third-order valence-electron chi connectivity index (χ3n) is 8.61. The van der Waals surface area contributed by atoms with Crippen LogP contribution in [0.4, 0.5) is 10.1 Å². The van der Waals surface area contributed by atoms with Crippen LogP contribution in [0.25, 0.3) is 0 Å². The summed E-state index contributed by atoms with van der Waals surface area (Å²) in [6.07, 6.45) is 13.8. The molecule has 0 saturated heterocycles. The van der Waals surface area contributed by atoms with Crippen LogP contribution >= 0.6 is 0 Å². The minimum Gasteiger partial charge on any atom is -0.339 e. The van der Waals surface area contributed by atoms with Crippen LogP contribution in [0.15, 0.2) is 24.5 Å². The molecule has 0 radical (unpaired) electrons. The Hall–Kier alpha value is -2.77. The molecule has 2 aromatic heterocycles. The normalized spacial score (nSPS) is 21.6. The molecule has 0 spiro atoms. The molecule has 188 valence electrons. The second kappa shape index (κ2) is 9.70. The van der Waals surface area contributed by atoms with E-state index in [2.05, 4.69) is 27.6 Å². The summed E-state index contributed by atoms with van der Waals surface area (Å²) in [6, 6.07) is 2.31. The number of aryl methyl sites for hydroxylation is 1. The molecule has 2 N–H and O–H groups in total. The molecule has 7 nitrogen and oxygen atoms in total. The van der Waals surface area contributed by atoms with E-state index < -0.39 is 6.04 Å². The zero-order valence-corrected chi connectivity index (χ0v) is 20.7. The number of nitrogens with zero attached hydrogens (tertiary/aromatic N) is 3. The third kappa shape index (κ3) is 4.98. The molecule has 0 aliphatic heterocycles. The van der Waals surface area contributed by atoms with Gasteiger partial charge in [0, 0.05) is 25.2 Å². The molecule has 3 saturated carbocycles. The number of pyridine rings is 1. The highest BCUT2D eigenvalue weighted by molar-refractivity contribution is 6.00. The largest absolute Gasteiger partial charge is 0.339 e. The van der Waals surface area contributed by atoms with Gasteiger partial charge in [0.15, 0.2) is 0 Å². The maximum atomic E-state index is 15.0. The van der Waals surface area contributed by atoms with E-state index in [4.69, 9.17) is 0 Å². The Balaban J connectivity index is 1.38. The lowest BCUT2D eigenvalue weighted by Crippen LogP contribution is -2.54. The molecule has 1 unspecified atom stereocenters. The minimum absolute atomic E-state index is 0.0289. The van der Waals surface area contributed by atoms with Crippen LogP contribution < -0.4 is 10.6 Å². The first-order chi connectivity index (χ1) is 16.9. The van der Waals surface area contributed by atoms with Crippen molar-refractivity contribution < 1.29 is 14.0 Å². The Morgan fingerprint density at radius 3 is 2.46 bits per heavy atom. The van der Waals surface area contributed by atoms with Gasteiger partial charge in [-0.3, -0.25) is 19.3 Å². The molecular formula is C27H36FN5O2. The first-order valence-electron chi connectivity index (χ1n) is 13.1. The summed E-state index contributed by atoms with van der Waals surface area (Å²) < 4.78 is 16.5. The standard InChI is InChI=1S/C27H36FN5O2/c1-27(12-13-27)22(17-9-6-10-17)24(32-25(34)21-11-14-30-33(21)2)26(35)31-19-15-20(28)23(29-16-19)18-7-4-3-5-8-18/h11,14-18,22,24H,3-10,12-13H2,1-2H3,(H,31,35)(H,32,34)/t22?,24-/m0/s1. The third-order valence-corrected chi connectivity index (χ3v) is 8.61. The Bertz CT molecular complexity index is 1080. The molecule has 8 heteroatoms. The van der Waals surface area contributed by atoms with E-state index in [0.717, 1.165) is 57.8 Å². The zero-order chi connectivity index (χ0) is 24.6. The predicted octanol–water partition coefficient (Wildman–Crippen LogP) is 4.96. The summed E-state index contributed by atoms with van der Waals surface area (Å²) in [6.45, 7) is 2.21. The summed E-state index contributed by atoms with van der Waals surface area (Å²) in [4.78, 5) is 31.2. The first-order valence-corrected chi connectivity index (χ1v) is 13.1. The van der Waals surface area contributed by atoms with Crippen molar-refractivity contribution in [2.24, 2.45) is 24.3 Å². The van der Waals surface area contributed by atoms with E-state index in [-0.39, 0.29) is 34.9 Å². The lowest BCUT2D eigenvalue weighted by Gasteiger charge is -2.42. The number of carbonyl (C=O) groups excluding carboxylic acids is 2. The van der Waals surface area contributed by atoms with Crippen molar-refractivity contribution >= 4 is 17.5 Å². The van der Waals surface area contributed by atoms with Crippen molar-refractivity contribution in [3.8, 4) is 0 Å². The van der Waals surface area contributed by atoms with Gasteiger partial charge in [-0.2, -0.15) is 5.10 Å². The molecule has 0 aromatic carbocycles. The molecule has 5 rings (SSSR count). The van der Waals surface area contributed by atoms with Crippen LogP contribution in [0.5, 0.6) is 0 Å². The van der Waals surface area contributed by atoms with E-state index in [0.29, 0.717) is 23.0 Å².